The van der Waals surface area contributed by atoms with E-state index in [1.807, 2.05) is 0 Å². The van der Waals surface area contributed by atoms with Gasteiger partial charge in [0.05, 0.1) is 143 Å². The largest absolute Gasteiger partial charge is 0.420 e. The lowest BCUT2D eigenvalue weighted by molar-refractivity contribution is -0.136. The topological polar surface area (TPSA) is 343 Å². The molecule has 0 radical (unpaired) electrons. The maximum Gasteiger partial charge on any atom is 0.340 e. The number of aliphatic hydroxyl groups excluding tert-OH is 2. The number of anilines is 1. The minimum Gasteiger partial charge on any atom is -0.420 e. The van der Waals surface area contributed by atoms with Crippen molar-refractivity contribution in [3.05, 3.63) is 53.0 Å². The van der Waals surface area contributed by atoms with Crippen LogP contribution in [-0.4, -0.2) is 226 Å². The zero-order valence-electron chi connectivity index (χ0n) is 42.3. The number of piperidine rings is 1. The minimum absolute atomic E-state index is 0.0395. The van der Waals surface area contributed by atoms with Gasteiger partial charge in [-0.2, -0.15) is 15.1 Å². The van der Waals surface area contributed by atoms with E-state index in [0.717, 1.165) is 32.5 Å². The van der Waals surface area contributed by atoms with Gasteiger partial charge in [-0.05, 0) is 24.4 Å². The molecule has 34 heteroatoms. The van der Waals surface area contributed by atoms with E-state index < -0.39 is 81.4 Å². The third-order valence-electron chi connectivity index (χ3n) is 11.5. The van der Waals surface area contributed by atoms with Crippen LogP contribution in [0, 0.1) is 17.5 Å². The fraction of sp³-hybridized carbons (Fsp3) is 0.682. The zero-order valence-corrected chi connectivity index (χ0v) is 44.9. The standard InChI is InChI=1S/C44H65ClF3N9O19P2/c45-44-51-41(33-25-49-57(42(33)52-44)43-39(60)38(59)36(75-43)28-74-78(64,65)29-77(61,62)63)50-31-1-4-55(5-2-31)6-9-67-12-15-70-19-20-72-21-22-73-27-32-26-56(54-53-32)7-10-68-13-16-71-18-17-69-14-11-66-8-3-37(58)76-40-34(47)23-30(46)24-35(40)48/h23-26,31,36,38-39,43,59-60H,1-22,27-29H2,(H,64,65)(H,50,51,52)(H2,61,62,63)/t36-,38-,39-,43-/m1/s1. The Labute approximate surface area is 450 Å². The molecule has 1 unspecified atom stereocenters. The number of rotatable bonds is 38. The van der Waals surface area contributed by atoms with E-state index in [9.17, 15) is 42.2 Å². The highest BCUT2D eigenvalue weighted by Gasteiger charge is 2.46. The molecule has 2 fully saturated rings. The highest BCUT2D eigenvalue weighted by atomic mass is 35.5. The van der Waals surface area contributed by atoms with Crippen LogP contribution >= 0.6 is 26.8 Å². The van der Waals surface area contributed by atoms with E-state index in [-0.39, 0.29) is 49.8 Å². The lowest BCUT2D eigenvalue weighted by Crippen LogP contribution is -2.40. The Morgan fingerprint density at radius 1 is 0.769 bits per heavy atom. The van der Waals surface area contributed by atoms with Gasteiger partial charge in [-0.15, -0.1) is 5.10 Å². The van der Waals surface area contributed by atoms with Crippen LogP contribution in [-0.2, 0) is 74.2 Å². The smallest absolute Gasteiger partial charge is 0.340 e. The van der Waals surface area contributed by atoms with Crippen molar-refractivity contribution >= 4 is 49.6 Å². The second-order valence-electron chi connectivity index (χ2n) is 17.4. The Morgan fingerprint density at radius 3 is 1.94 bits per heavy atom. The monoisotopic (exact) mass is 1180 g/mol. The van der Waals surface area contributed by atoms with Gasteiger partial charge in [-0.25, -0.2) is 22.5 Å². The molecule has 2 saturated heterocycles. The fourth-order valence-electron chi connectivity index (χ4n) is 7.63. The van der Waals surface area contributed by atoms with Crippen molar-refractivity contribution in [2.45, 2.75) is 63.0 Å². The average molecular weight is 1180 g/mol. The number of nitrogens with zero attached hydrogens (tertiary/aromatic N) is 8. The number of nitrogens with one attached hydrogen (secondary N) is 1. The van der Waals surface area contributed by atoms with Crippen LogP contribution < -0.4 is 10.1 Å². The van der Waals surface area contributed by atoms with Crippen molar-refractivity contribution in [2.24, 2.45) is 0 Å². The van der Waals surface area contributed by atoms with Crippen molar-refractivity contribution in [1.29, 1.82) is 0 Å². The van der Waals surface area contributed by atoms with E-state index >= 15 is 0 Å². The lowest BCUT2D eigenvalue weighted by atomic mass is 10.1. The summed E-state index contributed by atoms with van der Waals surface area (Å²) in [7, 11) is -9.62. The van der Waals surface area contributed by atoms with Crippen LogP contribution in [0.15, 0.2) is 24.5 Å². The predicted molar refractivity (Wildman–Crippen MR) is 264 cm³/mol. The first-order chi connectivity index (χ1) is 37.4. The molecule has 3 aromatic heterocycles. The molecule has 0 amide bonds. The van der Waals surface area contributed by atoms with Crippen molar-refractivity contribution < 1.29 is 104 Å². The molecule has 0 saturated carbocycles. The molecule has 5 heterocycles. The Hall–Kier alpha value is -3.92. The minimum atomic E-state index is -4.88. The molecule has 5 atom stereocenters. The van der Waals surface area contributed by atoms with Gasteiger partial charge in [-0.1, -0.05) is 5.21 Å². The molecule has 0 spiro atoms. The van der Waals surface area contributed by atoms with Gasteiger partial charge >= 0.3 is 21.2 Å². The number of likely N-dealkylation sites (tertiary alicyclic amines) is 1. The number of carbonyl (C=O) groups excluding carboxylic acids is 1. The summed E-state index contributed by atoms with van der Waals surface area (Å²) in [6, 6.07) is 0.870. The van der Waals surface area contributed by atoms with Crippen molar-refractivity contribution in [1.82, 2.24) is 39.6 Å². The molecule has 28 nitrogen and oxygen atoms in total. The van der Waals surface area contributed by atoms with E-state index in [0.29, 0.717) is 115 Å². The van der Waals surface area contributed by atoms with Crippen LogP contribution in [0.4, 0.5) is 19.0 Å². The molecule has 6 rings (SSSR count). The van der Waals surface area contributed by atoms with Crippen LogP contribution in [0.1, 0.15) is 31.2 Å². The molecule has 78 heavy (non-hydrogen) atoms. The molecule has 1 aromatic carbocycles. The highest BCUT2D eigenvalue weighted by molar-refractivity contribution is 7.70. The summed E-state index contributed by atoms with van der Waals surface area (Å²) >= 11 is 6.29. The van der Waals surface area contributed by atoms with E-state index in [1.54, 1.807) is 10.9 Å². The first-order valence-corrected chi connectivity index (χ1v) is 28.7. The second kappa shape index (κ2) is 32.5. The number of aliphatic hydroxyl groups is 2. The fourth-order valence-corrected chi connectivity index (χ4v) is 10.4. The summed E-state index contributed by atoms with van der Waals surface area (Å²) in [6.07, 6.45) is -1.31. The van der Waals surface area contributed by atoms with Gasteiger partial charge in [0.15, 0.2) is 29.4 Å². The molecule has 0 aliphatic carbocycles. The third kappa shape index (κ3) is 21.9. The summed E-state index contributed by atoms with van der Waals surface area (Å²) in [5.41, 5.74) is 0.849. The Kier molecular flexibility index (Phi) is 26.4. The number of ether oxygens (including phenoxy) is 10. The summed E-state index contributed by atoms with van der Waals surface area (Å²) in [4.78, 5) is 50.5. The number of esters is 1. The van der Waals surface area contributed by atoms with Gasteiger partial charge in [0.1, 0.15) is 35.6 Å². The quantitative estimate of drug-likeness (QED) is 0.0122. The van der Waals surface area contributed by atoms with Gasteiger partial charge in [0.2, 0.25) is 11.0 Å². The first kappa shape index (κ1) is 63.3. The number of carbonyl (C=O) groups is 1. The molecule has 2 aliphatic heterocycles. The van der Waals surface area contributed by atoms with Crippen molar-refractivity contribution in [3.63, 3.8) is 0 Å². The summed E-state index contributed by atoms with van der Waals surface area (Å²) in [5, 5.41) is 37.6. The van der Waals surface area contributed by atoms with Gasteiger partial charge < -0.3 is 87.0 Å². The van der Waals surface area contributed by atoms with Crippen LogP contribution in [0.5, 0.6) is 5.75 Å². The number of halogens is 4. The van der Waals surface area contributed by atoms with E-state index in [4.69, 9.17) is 68.5 Å². The Morgan fingerprint density at radius 2 is 1.33 bits per heavy atom. The van der Waals surface area contributed by atoms with Gasteiger partial charge in [-0.3, -0.25) is 13.9 Å². The van der Waals surface area contributed by atoms with Crippen LogP contribution in [0.25, 0.3) is 11.0 Å². The Balaban J connectivity index is 0.699. The normalized spacial score (nSPS) is 19.2. The average Bonchev–Trinajstić information content (AvgIpc) is 4.30. The molecule has 0 bridgehead atoms. The number of hydrogen-bond donors (Lipinski definition) is 6. The SMILES string of the molecule is O=C(CCOCCOCCOCCOCCn1cc(COCCOCCOCCOCCN2CCC(Nc3nc(Cl)nc4c3cnn4[C@@H]3O[C@H](COP(=O)(O)CP(=O)(O)O)[C@@H](O)[C@H]3O)CC2)nn1)Oc1c(F)cc(F)cc1F. The Bertz CT molecular complexity index is 2530. The summed E-state index contributed by atoms with van der Waals surface area (Å²) < 4.78 is 126. The predicted octanol–water partition coefficient (Wildman–Crippen LogP) is 1.65. The number of hydrogen-bond acceptors (Lipinski definition) is 23. The molecule has 6 N–H and O–H groups in total. The number of benzene rings is 1. The molecular weight excluding hydrogens is 1110 g/mol. The van der Waals surface area contributed by atoms with Gasteiger partial charge in [0, 0.05) is 37.8 Å². The summed E-state index contributed by atoms with van der Waals surface area (Å²) in [5.74, 6) is -6.66. The van der Waals surface area contributed by atoms with E-state index in [2.05, 4.69) is 40.3 Å². The molecule has 438 valence electrons. The number of fused-ring (bicyclic) bond motifs is 1. The number of aromatic nitrogens is 7. The second-order valence-corrected chi connectivity index (χ2v) is 21.8. The third-order valence-corrected chi connectivity index (χ3v) is 15.1. The van der Waals surface area contributed by atoms with Crippen LogP contribution in [0.3, 0.4) is 0 Å². The van der Waals surface area contributed by atoms with Crippen molar-refractivity contribution in [2.75, 3.05) is 137 Å². The molecule has 4 aromatic rings. The highest BCUT2D eigenvalue weighted by Crippen LogP contribution is 2.55. The first-order valence-electron chi connectivity index (χ1n) is 24.7. The maximum absolute atomic E-state index is 13.6. The zero-order chi connectivity index (χ0) is 55.9. The van der Waals surface area contributed by atoms with Gasteiger partial charge in [0.25, 0.3) is 0 Å². The molecule has 2 aliphatic rings. The lowest BCUT2D eigenvalue weighted by Gasteiger charge is -2.32. The maximum atomic E-state index is 13.6. The van der Waals surface area contributed by atoms with Crippen LogP contribution in [0.2, 0.25) is 5.28 Å². The van der Waals surface area contributed by atoms with E-state index in [1.165, 1.54) is 10.9 Å². The van der Waals surface area contributed by atoms with Crippen molar-refractivity contribution in [3.8, 4) is 5.75 Å². The summed E-state index contributed by atoms with van der Waals surface area (Å²) in [6.45, 7) is 7.43. The molecular formula is C44H65ClF3N9O19P2.